The summed E-state index contributed by atoms with van der Waals surface area (Å²) in [5.74, 6) is -1.05. The van der Waals surface area contributed by atoms with Gasteiger partial charge in [0.15, 0.2) is 5.66 Å². The standard InChI is InChI=1S/C25H19N2O5P/c28-24(23(33(30,31)32)21-12-6-10-16-9-4-5-11-19(16)21)26-25(29)27-18-13-14-20(22(27)15-18)17-7-2-1-3-8-17/h1-15,23H,(H,26,28,29)(H2,30,31,32). The molecule has 0 aromatic heterocycles. The van der Waals surface area contributed by atoms with Crippen LogP contribution in [0.15, 0.2) is 102 Å². The maximum Gasteiger partial charge on any atom is 0.342 e. The number of nitrogens with one attached hydrogen (secondary N) is 1. The highest BCUT2D eigenvalue weighted by atomic mass is 31.2. The molecule has 1 atom stereocenters. The minimum atomic E-state index is -4.94. The summed E-state index contributed by atoms with van der Waals surface area (Å²) < 4.78 is 12.4. The Morgan fingerprint density at radius 3 is 2.30 bits per heavy atom. The molecule has 7 nitrogen and oxygen atoms in total. The molecule has 0 saturated carbocycles. The molecule has 3 aromatic rings. The molecule has 33 heavy (non-hydrogen) atoms. The minimum absolute atomic E-state index is 0.166. The van der Waals surface area contributed by atoms with Gasteiger partial charge in [0, 0.05) is 5.57 Å². The Morgan fingerprint density at radius 1 is 0.879 bits per heavy atom. The molecule has 164 valence electrons. The number of amides is 3. The van der Waals surface area contributed by atoms with Gasteiger partial charge >= 0.3 is 13.6 Å². The first-order valence-corrected chi connectivity index (χ1v) is 11.9. The molecule has 2 heterocycles. The van der Waals surface area contributed by atoms with Crippen LogP contribution < -0.4 is 5.32 Å². The van der Waals surface area contributed by atoms with Crippen LogP contribution in [-0.4, -0.2) is 26.6 Å². The molecule has 0 radical (unpaired) electrons. The molecule has 0 fully saturated rings. The molecule has 0 saturated heterocycles. The van der Waals surface area contributed by atoms with Crippen molar-refractivity contribution < 1.29 is 23.9 Å². The van der Waals surface area contributed by atoms with E-state index in [-0.39, 0.29) is 5.56 Å². The second kappa shape index (κ2) is 7.98. The third-order valence-corrected chi connectivity index (χ3v) is 6.89. The summed E-state index contributed by atoms with van der Waals surface area (Å²) >= 11 is 0. The summed E-state index contributed by atoms with van der Waals surface area (Å²) in [5, 5.41) is 3.47. The Bertz CT molecular complexity index is 1430. The van der Waals surface area contributed by atoms with Crippen LogP contribution in [0.3, 0.4) is 0 Å². The monoisotopic (exact) mass is 458 g/mol. The highest BCUT2D eigenvalue weighted by molar-refractivity contribution is 7.53. The lowest BCUT2D eigenvalue weighted by atomic mass is 9.91. The number of hydrogen-bond donors (Lipinski definition) is 3. The fourth-order valence-corrected chi connectivity index (χ4v) is 5.16. The molecule has 2 aliphatic heterocycles. The molecular formula is C25H19N2O5P. The lowest BCUT2D eigenvalue weighted by molar-refractivity contribution is -0.120. The topological polar surface area (TPSA) is 107 Å². The molecule has 3 amide bonds. The van der Waals surface area contributed by atoms with E-state index >= 15 is 0 Å². The van der Waals surface area contributed by atoms with Crippen molar-refractivity contribution in [1.29, 1.82) is 0 Å². The highest BCUT2D eigenvalue weighted by Crippen LogP contribution is 2.53. The Labute approximate surface area is 189 Å². The van der Waals surface area contributed by atoms with Crippen LogP contribution in [0.1, 0.15) is 16.8 Å². The van der Waals surface area contributed by atoms with Crippen molar-refractivity contribution in [3.63, 3.8) is 0 Å². The number of urea groups is 1. The average molecular weight is 458 g/mol. The summed E-state index contributed by atoms with van der Waals surface area (Å²) in [6.07, 6.45) is 5.46. The van der Waals surface area contributed by atoms with Crippen LogP contribution in [0.4, 0.5) is 4.79 Å². The number of hydrogen-bond acceptors (Lipinski definition) is 3. The van der Waals surface area contributed by atoms with Gasteiger partial charge in [0.2, 0.25) is 5.91 Å². The molecule has 8 heteroatoms. The van der Waals surface area contributed by atoms with Crippen molar-refractivity contribution >= 4 is 35.9 Å². The fraction of sp³-hybridized carbons (Fsp3) is 0.0400. The van der Waals surface area contributed by atoms with E-state index in [4.69, 9.17) is 0 Å². The van der Waals surface area contributed by atoms with E-state index in [0.717, 1.165) is 16.5 Å². The number of fused-ring (bicyclic) bond motifs is 3. The highest BCUT2D eigenvalue weighted by Gasteiger charge is 2.41. The van der Waals surface area contributed by atoms with Gasteiger partial charge in [0.25, 0.3) is 0 Å². The normalized spacial score (nSPS) is 15.7. The fourth-order valence-electron chi connectivity index (χ4n) is 4.20. The van der Waals surface area contributed by atoms with Gasteiger partial charge in [0.05, 0.1) is 11.4 Å². The van der Waals surface area contributed by atoms with Gasteiger partial charge in [-0.2, -0.15) is 0 Å². The number of allylic oxidation sites excluding steroid dienone is 4. The van der Waals surface area contributed by atoms with Crippen molar-refractivity contribution in [2.75, 3.05) is 0 Å². The van der Waals surface area contributed by atoms with Crippen LogP contribution in [0, 0.1) is 0 Å². The van der Waals surface area contributed by atoms with E-state index in [1.165, 1.54) is 11.0 Å². The number of carbonyl (C=O) groups is 2. The van der Waals surface area contributed by atoms with Crippen molar-refractivity contribution in [3.05, 3.63) is 114 Å². The largest absolute Gasteiger partial charge is 0.342 e. The lowest BCUT2D eigenvalue weighted by Crippen LogP contribution is -2.47. The zero-order chi connectivity index (χ0) is 23.2. The van der Waals surface area contributed by atoms with Gasteiger partial charge in [-0.05, 0) is 34.1 Å². The number of rotatable bonds is 4. The molecule has 3 aromatic carbocycles. The SMILES string of the molecule is O=C(NC(=O)N1c2ccc(-c3ccccc3)c1c2)C(c1cccc2ccccc12)P(=O)(O)O. The van der Waals surface area contributed by atoms with E-state index in [0.29, 0.717) is 16.8 Å². The number of nitrogens with zero attached hydrogens (tertiary/aromatic N) is 1. The molecule has 2 bridgehead atoms. The first-order valence-electron chi connectivity index (χ1n) is 10.2. The van der Waals surface area contributed by atoms with E-state index in [1.807, 2.05) is 42.5 Å². The van der Waals surface area contributed by atoms with Gasteiger partial charge in [-0.1, -0.05) is 78.9 Å². The van der Waals surface area contributed by atoms with Gasteiger partial charge in [-0.25, -0.2) is 4.79 Å². The molecule has 0 spiro atoms. The van der Waals surface area contributed by atoms with Crippen LogP contribution in [0.2, 0.25) is 0 Å². The Hall–Kier alpha value is -3.77. The summed E-state index contributed by atoms with van der Waals surface area (Å²) in [4.78, 5) is 47.4. The van der Waals surface area contributed by atoms with Gasteiger partial charge in [-0.3, -0.25) is 19.6 Å². The molecule has 5 rings (SSSR count). The molecule has 1 unspecified atom stereocenters. The zero-order valence-electron chi connectivity index (χ0n) is 17.3. The third kappa shape index (κ3) is 3.72. The summed E-state index contributed by atoms with van der Waals surface area (Å²) in [7, 11) is -4.94. The summed E-state index contributed by atoms with van der Waals surface area (Å²) in [6.45, 7) is 0. The Balaban J connectivity index is 1.42. The van der Waals surface area contributed by atoms with Crippen LogP contribution in [0.5, 0.6) is 0 Å². The predicted octanol–water partition coefficient (Wildman–Crippen LogP) is 4.48. The number of carbonyl (C=O) groups excluding carboxylic acids is 2. The Morgan fingerprint density at radius 2 is 1.58 bits per heavy atom. The third-order valence-electron chi connectivity index (χ3n) is 5.70. The van der Waals surface area contributed by atoms with Crippen LogP contribution in [-0.2, 0) is 9.36 Å². The first kappa shape index (κ1) is 21.1. The first-order chi connectivity index (χ1) is 15.8. The number of imide groups is 1. The maximum atomic E-state index is 13.1. The van der Waals surface area contributed by atoms with Crippen LogP contribution in [0.25, 0.3) is 16.3 Å². The summed E-state index contributed by atoms with van der Waals surface area (Å²) in [6, 6.07) is 20.6. The van der Waals surface area contributed by atoms with Gasteiger partial charge < -0.3 is 9.79 Å². The molecule has 2 aliphatic rings. The lowest BCUT2D eigenvalue weighted by Gasteiger charge is -2.38. The number of benzene rings is 3. The van der Waals surface area contributed by atoms with Gasteiger partial charge in [0.1, 0.15) is 0 Å². The second-order valence-electron chi connectivity index (χ2n) is 7.76. The average Bonchev–Trinajstić information content (AvgIpc) is 2.79. The van der Waals surface area contributed by atoms with Crippen molar-refractivity contribution in [2.45, 2.75) is 5.66 Å². The van der Waals surface area contributed by atoms with E-state index in [1.54, 1.807) is 42.5 Å². The smallest absolute Gasteiger partial charge is 0.324 e. The van der Waals surface area contributed by atoms with Gasteiger partial charge in [-0.15, -0.1) is 0 Å². The Kier molecular flexibility index (Phi) is 5.10. The van der Waals surface area contributed by atoms with Crippen molar-refractivity contribution in [2.24, 2.45) is 0 Å². The summed E-state index contributed by atoms with van der Waals surface area (Å²) in [5.41, 5.74) is 1.27. The van der Waals surface area contributed by atoms with Crippen molar-refractivity contribution in [1.82, 2.24) is 10.2 Å². The molecule has 0 aliphatic carbocycles. The van der Waals surface area contributed by atoms with E-state index in [9.17, 15) is 23.9 Å². The van der Waals surface area contributed by atoms with Crippen LogP contribution >= 0.6 is 7.60 Å². The van der Waals surface area contributed by atoms with E-state index in [2.05, 4.69) is 5.32 Å². The zero-order valence-corrected chi connectivity index (χ0v) is 18.1. The van der Waals surface area contributed by atoms with E-state index < -0.39 is 25.2 Å². The maximum absolute atomic E-state index is 13.1. The molecule has 3 N–H and O–H groups in total. The predicted molar refractivity (Wildman–Crippen MR) is 125 cm³/mol. The van der Waals surface area contributed by atoms with Crippen molar-refractivity contribution in [3.8, 4) is 0 Å². The molecular weight excluding hydrogens is 439 g/mol. The second-order valence-corrected chi connectivity index (χ2v) is 9.45. The quantitative estimate of drug-likeness (QED) is 0.500. The minimum Gasteiger partial charge on any atom is -0.324 e.